The van der Waals surface area contributed by atoms with E-state index in [1.807, 2.05) is 0 Å². The van der Waals surface area contributed by atoms with E-state index in [2.05, 4.69) is 11.8 Å². The maximum absolute atomic E-state index is 13.7. The summed E-state index contributed by atoms with van der Waals surface area (Å²) in [6.07, 6.45) is 1.05. The number of benzene rings is 1. The third-order valence-corrected chi connectivity index (χ3v) is 5.75. The van der Waals surface area contributed by atoms with Crippen molar-refractivity contribution in [3.63, 3.8) is 0 Å². The maximum Gasteiger partial charge on any atom is 0.243 e. The van der Waals surface area contributed by atoms with Crippen molar-refractivity contribution in [2.24, 2.45) is 5.73 Å². The summed E-state index contributed by atoms with van der Waals surface area (Å²) in [6, 6.07) is 4.08. The number of nitrogens with zero attached hydrogens (tertiary/aromatic N) is 2. The van der Waals surface area contributed by atoms with Crippen molar-refractivity contribution in [3.05, 3.63) is 29.6 Å². The largest absolute Gasteiger partial charge is 0.326 e. The second-order valence-electron chi connectivity index (χ2n) is 5.17. The molecule has 118 valence electrons. The number of hydrogen-bond donors (Lipinski definition) is 1. The van der Waals surface area contributed by atoms with Gasteiger partial charge in [-0.25, -0.2) is 12.8 Å². The summed E-state index contributed by atoms with van der Waals surface area (Å²) in [6.45, 7) is 5.23. The van der Waals surface area contributed by atoms with E-state index in [-0.39, 0.29) is 17.0 Å². The van der Waals surface area contributed by atoms with Crippen LogP contribution >= 0.6 is 0 Å². The van der Waals surface area contributed by atoms with Crippen LogP contribution in [-0.2, 0) is 16.6 Å². The molecule has 0 saturated carbocycles. The van der Waals surface area contributed by atoms with Crippen LogP contribution in [0.25, 0.3) is 0 Å². The highest BCUT2D eigenvalue weighted by molar-refractivity contribution is 7.89. The summed E-state index contributed by atoms with van der Waals surface area (Å²) < 4.78 is 40.5. The summed E-state index contributed by atoms with van der Waals surface area (Å²) in [7, 11) is -3.68. The summed E-state index contributed by atoms with van der Waals surface area (Å²) >= 11 is 0. The van der Waals surface area contributed by atoms with E-state index >= 15 is 0 Å². The highest BCUT2D eigenvalue weighted by Gasteiger charge is 2.30. The number of nitrogens with two attached hydrogens (primary N) is 1. The molecular formula is C14H22FN3O2S. The Bertz CT molecular complexity index is 584. The van der Waals surface area contributed by atoms with Gasteiger partial charge in [-0.1, -0.05) is 13.0 Å². The van der Waals surface area contributed by atoms with E-state index in [0.717, 1.165) is 13.0 Å². The molecule has 1 fully saturated rings. The van der Waals surface area contributed by atoms with Crippen molar-refractivity contribution in [1.82, 2.24) is 9.21 Å². The van der Waals surface area contributed by atoms with Gasteiger partial charge >= 0.3 is 0 Å². The second kappa shape index (κ2) is 6.83. The molecule has 0 aliphatic carbocycles. The van der Waals surface area contributed by atoms with Gasteiger partial charge in [-0.2, -0.15) is 4.31 Å². The zero-order chi connectivity index (χ0) is 15.5. The molecule has 21 heavy (non-hydrogen) atoms. The van der Waals surface area contributed by atoms with Crippen LogP contribution in [-0.4, -0.2) is 50.3 Å². The smallest absolute Gasteiger partial charge is 0.243 e. The van der Waals surface area contributed by atoms with E-state index in [4.69, 9.17) is 5.73 Å². The highest BCUT2D eigenvalue weighted by Crippen LogP contribution is 2.23. The van der Waals surface area contributed by atoms with Crippen LogP contribution in [0, 0.1) is 5.82 Å². The minimum absolute atomic E-state index is 0.00561. The van der Waals surface area contributed by atoms with Gasteiger partial charge < -0.3 is 10.6 Å². The zero-order valence-corrected chi connectivity index (χ0v) is 13.1. The number of piperazine rings is 1. The molecule has 1 aromatic rings. The van der Waals surface area contributed by atoms with Crippen LogP contribution in [0.15, 0.2) is 23.1 Å². The molecule has 2 N–H and O–H groups in total. The number of halogens is 1. The zero-order valence-electron chi connectivity index (χ0n) is 12.3. The molecule has 0 unspecified atom stereocenters. The Hall–Kier alpha value is -1.02. The molecule has 1 aliphatic rings. The summed E-state index contributed by atoms with van der Waals surface area (Å²) in [5, 5.41) is 0. The SMILES string of the molecule is CCCN1CCN(S(=O)(=O)c2cccc(F)c2CN)CC1. The Morgan fingerprint density at radius 2 is 1.90 bits per heavy atom. The van der Waals surface area contributed by atoms with E-state index in [1.165, 1.54) is 22.5 Å². The van der Waals surface area contributed by atoms with Gasteiger partial charge in [0.15, 0.2) is 0 Å². The van der Waals surface area contributed by atoms with Crippen LogP contribution in [0.4, 0.5) is 4.39 Å². The quantitative estimate of drug-likeness (QED) is 0.880. The topological polar surface area (TPSA) is 66.6 Å². The minimum atomic E-state index is -3.68. The Kier molecular flexibility index (Phi) is 5.32. The highest BCUT2D eigenvalue weighted by atomic mass is 32.2. The van der Waals surface area contributed by atoms with Crippen molar-refractivity contribution >= 4 is 10.0 Å². The number of hydrogen-bond acceptors (Lipinski definition) is 4. The maximum atomic E-state index is 13.7. The summed E-state index contributed by atoms with van der Waals surface area (Å²) in [5.41, 5.74) is 5.57. The molecule has 0 amide bonds. The number of rotatable bonds is 5. The average Bonchev–Trinajstić information content (AvgIpc) is 2.48. The third-order valence-electron chi connectivity index (χ3n) is 3.77. The van der Waals surface area contributed by atoms with Crippen LogP contribution in [0.1, 0.15) is 18.9 Å². The molecule has 0 radical (unpaired) electrons. The monoisotopic (exact) mass is 315 g/mol. The fourth-order valence-corrected chi connectivity index (χ4v) is 4.29. The third kappa shape index (κ3) is 3.42. The van der Waals surface area contributed by atoms with E-state index in [1.54, 1.807) is 0 Å². The lowest BCUT2D eigenvalue weighted by Gasteiger charge is -2.34. The molecule has 0 atom stereocenters. The molecule has 1 aromatic carbocycles. The molecular weight excluding hydrogens is 293 g/mol. The minimum Gasteiger partial charge on any atom is -0.326 e. The van der Waals surface area contributed by atoms with Crippen molar-refractivity contribution in [2.45, 2.75) is 24.8 Å². The lowest BCUT2D eigenvalue weighted by molar-refractivity contribution is 0.188. The molecule has 1 aliphatic heterocycles. The van der Waals surface area contributed by atoms with E-state index in [0.29, 0.717) is 26.2 Å². The first-order valence-electron chi connectivity index (χ1n) is 7.20. The molecule has 1 heterocycles. The molecule has 0 bridgehead atoms. The van der Waals surface area contributed by atoms with Crippen LogP contribution in [0.3, 0.4) is 0 Å². The average molecular weight is 315 g/mol. The van der Waals surface area contributed by atoms with Gasteiger partial charge in [-0.15, -0.1) is 0 Å². The van der Waals surface area contributed by atoms with E-state index < -0.39 is 15.8 Å². The van der Waals surface area contributed by atoms with Crippen LogP contribution < -0.4 is 5.73 Å². The predicted molar refractivity (Wildman–Crippen MR) is 79.8 cm³/mol. The van der Waals surface area contributed by atoms with Crippen molar-refractivity contribution in [2.75, 3.05) is 32.7 Å². The van der Waals surface area contributed by atoms with Gasteiger partial charge in [0.25, 0.3) is 0 Å². The van der Waals surface area contributed by atoms with Gasteiger partial charge in [-0.3, -0.25) is 0 Å². The number of sulfonamides is 1. The first-order chi connectivity index (χ1) is 10.0. The Morgan fingerprint density at radius 1 is 1.24 bits per heavy atom. The van der Waals surface area contributed by atoms with Crippen molar-refractivity contribution in [3.8, 4) is 0 Å². The summed E-state index contributed by atoms with van der Waals surface area (Å²) in [5.74, 6) is -0.566. The van der Waals surface area contributed by atoms with Gasteiger partial charge in [0.1, 0.15) is 5.82 Å². The molecule has 5 nitrogen and oxygen atoms in total. The fourth-order valence-electron chi connectivity index (χ4n) is 2.63. The molecule has 0 aromatic heterocycles. The fraction of sp³-hybridized carbons (Fsp3) is 0.571. The van der Waals surface area contributed by atoms with Crippen molar-refractivity contribution in [1.29, 1.82) is 0 Å². The van der Waals surface area contributed by atoms with E-state index in [9.17, 15) is 12.8 Å². The van der Waals surface area contributed by atoms with Gasteiger partial charge in [0.2, 0.25) is 10.0 Å². The Labute approximate surface area is 125 Å². The van der Waals surface area contributed by atoms with Gasteiger partial charge in [0.05, 0.1) is 4.90 Å². The Morgan fingerprint density at radius 3 is 2.48 bits per heavy atom. The predicted octanol–water partition coefficient (Wildman–Crippen LogP) is 1.00. The molecule has 2 rings (SSSR count). The van der Waals surface area contributed by atoms with Crippen molar-refractivity contribution < 1.29 is 12.8 Å². The molecule has 0 spiro atoms. The molecule has 1 saturated heterocycles. The first-order valence-corrected chi connectivity index (χ1v) is 8.64. The van der Waals surface area contributed by atoms with Crippen LogP contribution in [0.2, 0.25) is 0 Å². The molecule has 7 heteroatoms. The van der Waals surface area contributed by atoms with Gasteiger partial charge in [0, 0.05) is 38.3 Å². The first kappa shape index (κ1) is 16.4. The second-order valence-corrected chi connectivity index (χ2v) is 7.07. The summed E-state index contributed by atoms with van der Waals surface area (Å²) in [4.78, 5) is 2.23. The standard InChI is InChI=1S/C14H22FN3O2S/c1-2-6-17-7-9-18(10-8-17)21(19,20)14-5-3-4-13(15)12(14)11-16/h3-5H,2,6-11,16H2,1H3. The normalized spacial score (nSPS) is 18.0. The van der Waals surface area contributed by atoms with Gasteiger partial charge in [-0.05, 0) is 25.1 Å². The van der Waals surface area contributed by atoms with Crippen LogP contribution in [0.5, 0.6) is 0 Å². The Balaban J connectivity index is 2.22. The lowest BCUT2D eigenvalue weighted by Crippen LogP contribution is -2.48. The lowest BCUT2D eigenvalue weighted by atomic mass is 10.2.